The van der Waals surface area contributed by atoms with Crippen LogP contribution in [0.5, 0.6) is 0 Å². The zero-order valence-corrected chi connectivity index (χ0v) is 11.1. The number of benzene rings is 1. The number of nitrogen functional groups attached to an aromatic ring is 1. The summed E-state index contributed by atoms with van der Waals surface area (Å²) in [7, 11) is 0. The lowest BCUT2D eigenvalue weighted by Crippen LogP contribution is -2.39. The molecule has 0 spiro atoms. The molecule has 2 amide bonds. The van der Waals surface area contributed by atoms with Crippen LogP contribution in [-0.4, -0.2) is 23.3 Å². The van der Waals surface area contributed by atoms with E-state index in [4.69, 9.17) is 5.73 Å². The average Bonchev–Trinajstić information content (AvgIpc) is 2.38. The van der Waals surface area contributed by atoms with Crippen LogP contribution in [0.2, 0.25) is 0 Å². The van der Waals surface area contributed by atoms with E-state index in [1.165, 1.54) is 4.90 Å². The number of amides is 2. The molecule has 98 valence electrons. The molecule has 2 N–H and O–H groups in total. The Balaban J connectivity index is 3.11. The summed E-state index contributed by atoms with van der Waals surface area (Å²) >= 11 is 0. The van der Waals surface area contributed by atoms with Crippen molar-refractivity contribution < 1.29 is 9.59 Å². The van der Waals surface area contributed by atoms with E-state index < -0.39 is 0 Å². The van der Waals surface area contributed by atoms with Crippen molar-refractivity contribution in [2.75, 3.05) is 5.73 Å². The SMILES string of the molecule is CCC(CC)N(C=O)C(=O)c1cccc(N)c1C. The monoisotopic (exact) mass is 248 g/mol. The molecule has 0 saturated heterocycles. The molecule has 1 aromatic carbocycles. The molecule has 0 heterocycles. The predicted molar refractivity (Wildman–Crippen MR) is 72.2 cm³/mol. The molecule has 0 saturated carbocycles. The van der Waals surface area contributed by atoms with Crippen LogP contribution < -0.4 is 5.73 Å². The molecule has 18 heavy (non-hydrogen) atoms. The first-order valence-corrected chi connectivity index (χ1v) is 6.19. The zero-order chi connectivity index (χ0) is 13.7. The Morgan fingerprint density at radius 2 is 2.00 bits per heavy atom. The molecule has 0 aromatic heterocycles. The first kappa shape index (κ1) is 14.2. The number of hydrogen-bond donors (Lipinski definition) is 1. The fourth-order valence-electron chi connectivity index (χ4n) is 2.01. The normalized spacial score (nSPS) is 10.4. The van der Waals surface area contributed by atoms with Crippen LogP contribution in [0.25, 0.3) is 0 Å². The van der Waals surface area contributed by atoms with Crippen LogP contribution in [0.1, 0.15) is 42.6 Å². The third-order valence-electron chi connectivity index (χ3n) is 3.29. The van der Waals surface area contributed by atoms with E-state index in [0.29, 0.717) is 17.7 Å². The molecule has 4 nitrogen and oxygen atoms in total. The van der Waals surface area contributed by atoms with Crippen molar-refractivity contribution in [2.24, 2.45) is 0 Å². The van der Waals surface area contributed by atoms with E-state index in [0.717, 1.165) is 18.4 Å². The van der Waals surface area contributed by atoms with Gasteiger partial charge >= 0.3 is 0 Å². The molecule has 0 fully saturated rings. The second-order valence-corrected chi connectivity index (χ2v) is 4.31. The summed E-state index contributed by atoms with van der Waals surface area (Å²) in [5, 5.41) is 0. The summed E-state index contributed by atoms with van der Waals surface area (Å²) in [6.45, 7) is 5.72. The van der Waals surface area contributed by atoms with Crippen molar-refractivity contribution in [3.63, 3.8) is 0 Å². The van der Waals surface area contributed by atoms with Crippen molar-refractivity contribution in [1.82, 2.24) is 4.90 Å². The van der Waals surface area contributed by atoms with Gasteiger partial charge in [-0.3, -0.25) is 14.5 Å². The zero-order valence-electron chi connectivity index (χ0n) is 11.1. The highest BCUT2D eigenvalue weighted by molar-refractivity contribution is 6.02. The molecule has 0 aliphatic heterocycles. The molecular formula is C14H20N2O2. The van der Waals surface area contributed by atoms with Crippen molar-refractivity contribution in [1.29, 1.82) is 0 Å². The van der Waals surface area contributed by atoms with Gasteiger partial charge in [0.05, 0.1) is 0 Å². The van der Waals surface area contributed by atoms with Gasteiger partial charge in [0.15, 0.2) is 0 Å². The Labute approximate surface area is 108 Å². The lowest BCUT2D eigenvalue weighted by Gasteiger charge is -2.25. The van der Waals surface area contributed by atoms with E-state index in [9.17, 15) is 9.59 Å². The Morgan fingerprint density at radius 1 is 1.39 bits per heavy atom. The number of nitrogens with two attached hydrogens (primary N) is 1. The van der Waals surface area contributed by atoms with Gasteiger partial charge < -0.3 is 5.73 Å². The van der Waals surface area contributed by atoms with Crippen molar-refractivity contribution >= 4 is 18.0 Å². The minimum Gasteiger partial charge on any atom is -0.398 e. The second-order valence-electron chi connectivity index (χ2n) is 4.31. The predicted octanol–water partition coefficient (Wildman–Crippen LogP) is 2.36. The number of anilines is 1. The number of carbonyl (C=O) groups excluding carboxylic acids is 2. The van der Waals surface area contributed by atoms with Crippen LogP contribution in [0.15, 0.2) is 18.2 Å². The number of imide groups is 1. The average molecular weight is 248 g/mol. The Morgan fingerprint density at radius 3 is 2.50 bits per heavy atom. The topological polar surface area (TPSA) is 63.4 Å². The van der Waals surface area contributed by atoms with Gasteiger partial charge in [0.1, 0.15) is 0 Å². The van der Waals surface area contributed by atoms with Gasteiger partial charge in [-0.05, 0) is 37.5 Å². The smallest absolute Gasteiger partial charge is 0.260 e. The van der Waals surface area contributed by atoms with Gasteiger partial charge in [-0.2, -0.15) is 0 Å². The van der Waals surface area contributed by atoms with Crippen LogP contribution >= 0.6 is 0 Å². The highest BCUT2D eigenvalue weighted by atomic mass is 16.2. The Bertz CT molecular complexity index is 439. The van der Waals surface area contributed by atoms with Crippen LogP contribution in [0.3, 0.4) is 0 Å². The van der Waals surface area contributed by atoms with Crippen LogP contribution in [0, 0.1) is 6.92 Å². The largest absolute Gasteiger partial charge is 0.398 e. The maximum absolute atomic E-state index is 12.3. The fraction of sp³-hybridized carbons (Fsp3) is 0.429. The Kier molecular flexibility index (Phi) is 4.89. The molecular weight excluding hydrogens is 228 g/mol. The maximum Gasteiger partial charge on any atom is 0.260 e. The summed E-state index contributed by atoms with van der Waals surface area (Å²) in [6, 6.07) is 5.11. The number of carbonyl (C=O) groups is 2. The summed E-state index contributed by atoms with van der Waals surface area (Å²) in [4.78, 5) is 24.8. The van der Waals surface area contributed by atoms with Crippen molar-refractivity contribution in [3.8, 4) is 0 Å². The molecule has 0 atom stereocenters. The van der Waals surface area contributed by atoms with E-state index >= 15 is 0 Å². The molecule has 1 rings (SSSR count). The molecule has 0 unspecified atom stereocenters. The standard InChI is InChI=1S/C14H20N2O2/c1-4-11(5-2)16(9-17)14(18)12-7-6-8-13(15)10(12)3/h6-9,11H,4-5,15H2,1-3H3. The number of nitrogens with zero attached hydrogens (tertiary/aromatic N) is 1. The van der Waals surface area contributed by atoms with E-state index in [1.54, 1.807) is 25.1 Å². The molecule has 1 aromatic rings. The minimum absolute atomic E-state index is 0.0594. The molecule has 0 aliphatic carbocycles. The van der Waals surface area contributed by atoms with Crippen LogP contribution in [-0.2, 0) is 4.79 Å². The van der Waals surface area contributed by atoms with Gasteiger partial charge in [-0.1, -0.05) is 19.9 Å². The van der Waals surface area contributed by atoms with Gasteiger partial charge in [0, 0.05) is 17.3 Å². The van der Waals surface area contributed by atoms with Gasteiger partial charge in [0.25, 0.3) is 5.91 Å². The lowest BCUT2D eigenvalue weighted by atomic mass is 10.0. The van der Waals surface area contributed by atoms with Gasteiger partial charge in [-0.25, -0.2) is 0 Å². The Hall–Kier alpha value is -1.84. The summed E-state index contributed by atoms with van der Waals surface area (Å²) in [5.74, 6) is -0.275. The summed E-state index contributed by atoms with van der Waals surface area (Å²) < 4.78 is 0. The quantitative estimate of drug-likeness (QED) is 0.642. The first-order chi connectivity index (χ1) is 8.56. The summed E-state index contributed by atoms with van der Waals surface area (Å²) in [6.07, 6.45) is 2.12. The van der Waals surface area contributed by atoms with Gasteiger partial charge in [0.2, 0.25) is 6.41 Å². The number of rotatable bonds is 5. The van der Waals surface area contributed by atoms with Crippen molar-refractivity contribution in [3.05, 3.63) is 29.3 Å². The third kappa shape index (κ3) is 2.70. The second kappa shape index (κ2) is 6.19. The number of hydrogen-bond acceptors (Lipinski definition) is 3. The minimum atomic E-state index is -0.275. The first-order valence-electron chi connectivity index (χ1n) is 6.19. The van der Waals surface area contributed by atoms with E-state index in [2.05, 4.69) is 0 Å². The highest BCUT2D eigenvalue weighted by Crippen LogP contribution is 2.19. The van der Waals surface area contributed by atoms with Gasteiger partial charge in [-0.15, -0.1) is 0 Å². The maximum atomic E-state index is 12.3. The summed E-state index contributed by atoms with van der Waals surface area (Å²) in [5.41, 5.74) is 7.56. The van der Waals surface area contributed by atoms with Crippen molar-refractivity contribution in [2.45, 2.75) is 39.7 Å². The lowest BCUT2D eigenvalue weighted by molar-refractivity contribution is -0.117. The van der Waals surface area contributed by atoms with E-state index in [1.807, 2.05) is 13.8 Å². The molecule has 0 aliphatic rings. The highest BCUT2D eigenvalue weighted by Gasteiger charge is 2.23. The van der Waals surface area contributed by atoms with E-state index in [-0.39, 0.29) is 11.9 Å². The van der Waals surface area contributed by atoms with Crippen LogP contribution in [0.4, 0.5) is 5.69 Å². The molecule has 0 bridgehead atoms. The molecule has 4 heteroatoms. The molecule has 0 radical (unpaired) electrons. The third-order valence-corrected chi connectivity index (χ3v) is 3.29. The fourth-order valence-corrected chi connectivity index (χ4v) is 2.01.